The minimum Gasteiger partial charge on any atom is -0.496 e. The molecular weight excluding hydrogens is 324 g/mol. The van der Waals surface area contributed by atoms with Crippen molar-refractivity contribution in [3.05, 3.63) is 64.7 Å². The van der Waals surface area contributed by atoms with Gasteiger partial charge < -0.3 is 10.1 Å². The number of hydrogen-bond donors (Lipinski definition) is 2. The molecule has 6 heteroatoms. The van der Waals surface area contributed by atoms with Crippen molar-refractivity contribution in [2.45, 2.75) is 13.0 Å². The lowest BCUT2D eigenvalue weighted by atomic mass is 10.1. The first-order valence-corrected chi connectivity index (χ1v) is 7.91. The van der Waals surface area contributed by atoms with E-state index in [1.807, 2.05) is 54.7 Å². The Labute approximate surface area is 146 Å². The maximum absolute atomic E-state index is 8.86. The molecule has 0 saturated carbocycles. The minimum atomic E-state index is 0.394. The molecule has 0 fully saturated rings. The second-order valence-electron chi connectivity index (χ2n) is 4.98. The number of hydrogen-bond acceptors (Lipinski definition) is 3. The zero-order valence-electron chi connectivity index (χ0n) is 13.4. The number of benzene rings is 2. The average molecular weight is 343 g/mol. The molecule has 0 aliphatic carbocycles. The van der Waals surface area contributed by atoms with E-state index >= 15 is 0 Å². The van der Waals surface area contributed by atoms with Gasteiger partial charge in [-0.3, -0.25) is 5.32 Å². The van der Waals surface area contributed by atoms with Crippen molar-refractivity contribution < 1.29 is 4.74 Å². The highest BCUT2D eigenvalue weighted by Crippen LogP contribution is 2.17. The predicted molar refractivity (Wildman–Crippen MR) is 96.0 cm³/mol. The average Bonchev–Trinajstić information content (AvgIpc) is 2.61. The molecular formula is C18H19ClN4O. The Morgan fingerprint density at radius 1 is 1.17 bits per heavy atom. The Bertz CT molecular complexity index is 740. The van der Waals surface area contributed by atoms with E-state index in [1.54, 1.807) is 7.11 Å². The van der Waals surface area contributed by atoms with Gasteiger partial charge in [0.1, 0.15) is 5.75 Å². The van der Waals surface area contributed by atoms with Crippen LogP contribution in [0.4, 0.5) is 0 Å². The minimum absolute atomic E-state index is 0.394. The third-order valence-electron chi connectivity index (χ3n) is 3.42. The third-order valence-corrected chi connectivity index (χ3v) is 3.79. The van der Waals surface area contributed by atoms with E-state index in [4.69, 9.17) is 21.6 Å². The van der Waals surface area contributed by atoms with Gasteiger partial charge in [0.05, 0.1) is 13.7 Å². The summed E-state index contributed by atoms with van der Waals surface area (Å²) in [5.41, 5.74) is 2.00. The highest BCUT2D eigenvalue weighted by molar-refractivity contribution is 6.31. The summed E-state index contributed by atoms with van der Waals surface area (Å²) >= 11 is 6.11. The van der Waals surface area contributed by atoms with Gasteiger partial charge >= 0.3 is 0 Å². The van der Waals surface area contributed by atoms with Gasteiger partial charge in [-0.15, -0.1) is 0 Å². The molecule has 2 aromatic rings. The van der Waals surface area contributed by atoms with Gasteiger partial charge in [-0.2, -0.15) is 5.26 Å². The molecule has 2 N–H and O–H groups in total. The molecule has 0 aliphatic heterocycles. The Morgan fingerprint density at radius 2 is 1.88 bits per heavy atom. The molecule has 5 nitrogen and oxygen atoms in total. The number of nitrogens with zero attached hydrogens (tertiary/aromatic N) is 2. The fraction of sp³-hybridized carbons (Fsp3) is 0.222. The van der Waals surface area contributed by atoms with Crippen LogP contribution in [-0.4, -0.2) is 19.6 Å². The number of ether oxygens (including phenoxy) is 1. The second-order valence-corrected chi connectivity index (χ2v) is 5.39. The molecule has 0 unspecified atom stereocenters. The summed E-state index contributed by atoms with van der Waals surface area (Å²) in [5, 5.41) is 15.2. The van der Waals surface area contributed by atoms with E-state index < -0.39 is 0 Å². The van der Waals surface area contributed by atoms with Crippen molar-refractivity contribution in [1.82, 2.24) is 10.6 Å². The maximum Gasteiger partial charge on any atom is 0.205 e. The summed E-state index contributed by atoms with van der Waals surface area (Å²) < 4.78 is 5.33. The lowest BCUT2D eigenvalue weighted by Crippen LogP contribution is -2.35. The molecule has 0 heterocycles. The zero-order valence-corrected chi connectivity index (χ0v) is 14.2. The Balaban J connectivity index is 1.95. The fourth-order valence-electron chi connectivity index (χ4n) is 2.21. The number of aliphatic imine (C=N–C) groups is 1. The van der Waals surface area contributed by atoms with Crippen LogP contribution in [0, 0.1) is 11.5 Å². The van der Waals surface area contributed by atoms with E-state index in [9.17, 15) is 0 Å². The first-order chi connectivity index (χ1) is 11.7. The van der Waals surface area contributed by atoms with Crippen LogP contribution in [-0.2, 0) is 13.0 Å². The van der Waals surface area contributed by atoms with E-state index in [-0.39, 0.29) is 0 Å². The van der Waals surface area contributed by atoms with Gasteiger partial charge in [0.2, 0.25) is 5.96 Å². The molecule has 124 valence electrons. The Kier molecular flexibility index (Phi) is 6.93. The summed E-state index contributed by atoms with van der Waals surface area (Å²) in [6.07, 6.45) is 2.64. The van der Waals surface area contributed by atoms with Crippen LogP contribution in [0.1, 0.15) is 11.1 Å². The van der Waals surface area contributed by atoms with Crippen molar-refractivity contribution in [2.24, 2.45) is 4.99 Å². The topological polar surface area (TPSA) is 69.4 Å². The number of guanidine groups is 1. The van der Waals surface area contributed by atoms with Crippen LogP contribution >= 0.6 is 11.6 Å². The smallest absolute Gasteiger partial charge is 0.205 e. The lowest BCUT2D eigenvalue weighted by molar-refractivity contribution is 0.409. The molecule has 0 radical (unpaired) electrons. The second kappa shape index (κ2) is 9.43. The molecule has 0 bridgehead atoms. The summed E-state index contributed by atoms with van der Waals surface area (Å²) in [6.45, 7) is 1.02. The number of halogens is 1. The monoisotopic (exact) mass is 342 g/mol. The number of rotatable bonds is 6. The van der Waals surface area contributed by atoms with Crippen molar-refractivity contribution in [1.29, 1.82) is 5.26 Å². The van der Waals surface area contributed by atoms with Crippen LogP contribution in [0.5, 0.6) is 5.75 Å². The van der Waals surface area contributed by atoms with Gasteiger partial charge in [-0.25, -0.2) is 4.99 Å². The summed E-state index contributed by atoms with van der Waals surface area (Å²) in [7, 11) is 1.65. The Morgan fingerprint density at radius 3 is 2.58 bits per heavy atom. The highest BCUT2D eigenvalue weighted by Gasteiger charge is 2.03. The molecule has 0 amide bonds. The number of nitrogens with one attached hydrogen (secondary N) is 2. The van der Waals surface area contributed by atoms with Crippen LogP contribution in [0.15, 0.2) is 53.5 Å². The lowest BCUT2D eigenvalue weighted by Gasteiger charge is -2.11. The van der Waals surface area contributed by atoms with Gasteiger partial charge in [-0.05, 0) is 29.7 Å². The molecule has 0 aliphatic rings. The van der Waals surface area contributed by atoms with Crippen molar-refractivity contribution in [2.75, 3.05) is 13.7 Å². The van der Waals surface area contributed by atoms with Crippen LogP contribution < -0.4 is 15.4 Å². The van der Waals surface area contributed by atoms with Gasteiger partial charge in [0, 0.05) is 11.6 Å². The normalized spacial score (nSPS) is 10.8. The van der Waals surface area contributed by atoms with Crippen molar-refractivity contribution in [3.8, 4) is 11.9 Å². The number of nitriles is 1. The Hall–Kier alpha value is -2.71. The first-order valence-electron chi connectivity index (χ1n) is 7.53. The van der Waals surface area contributed by atoms with E-state index in [0.717, 1.165) is 23.3 Å². The number of methoxy groups -OCH3 is 1. The van der Waals surface area contributed by atoms with Crippen LogP contribution in [0.2, 0.25) is 5.02 Å². The standard InChI is InChI=1S/C18H19ClN4O/c1-24-17-9-5-3-6-14(17)10-11-21-18(23-13-20)22-12-15-7-2-4-8-16(15)19/h2-9H,10-12H2,1H3,(H2,21,22,23). The molecule has 0 saturated heterocycles. The van der Waals surface area contributed by atoms with E-state index in [2.05, 4.69) is 15.6 Å². The molecule has 0 atom stereocenters. The van der Waals surface area contributed by atoms with Gasteiger partial charge in [-0.1, -0.05) is 48.0 Å². The summed E-state index contributed by atoms with van der Waals surface area (Å²) in [4.78, 5) is 4.37. The molecule has 2 rings (SSSR count). The largest absolute Gasteiger partial charge is 0.496 e. The molecule has 24 heavy (non-hydrogen) atoms. The van der Waals surface area contributed by atoms with Gasteiger partial charge in [0.15, 0.2) is 6.19 Å². The van der Waals surface area contributed by atoms with Crippen LogP contribution in [0.25, 0.3) is 0 Å². The van der Waals surface area contributed by atoms with Crippen LogP contribution in [0.3, 0.4) is 0 Å². The van der Waals surface area contributed by atoms with Gasteiger partial charge in [0.25, 0.3) is 0 Å². The van der Waals surface area contributed by atoms with Crippen molar-refractivity contribution >= 4 is 17.6 Å². The third kappa shape index (κ3) is 5.18. The van der Waals surface area contributed by atoms with E-state index in [1.165, 1.54) is 0 Å². The maximum atomic E-state index is 8.86. The van der Waals surface area contributed by atoms with E-state index in [0.29, 0.717) is 24.1 Å². The number of para-hydroxylation sites is 1. The quantitative estimate of drug-likeness (QED) is 0.366. The van der Waals surface area contributed by atoms with Crippen molar-refractivity contribution in [3.63, 3.8) is 0 Å². The zero-order chi connectivity index (χ0) is 17.2. The first kappa shape index (κ1) is 17.6. The SMILES string of the molecule is COc1ccccc1CCNC(=NCc1ccccc1Cl)NC#N. The summed E-state index contributed by atoms with van der Waals surface area (Å²) in [6, 6.07) is 15.3. The molecule has 0 aromatic heterocycles. The molecule has 2 aromatic carbocycles. The summed E-state index contributed by atoms with van der Waals surface area (Å²) in [5.74, 6) is 1.27. The highest BCUT2D eigenvalue weighted by atomic mass is 35.5. The fourth-order valence-corrected chi connectivity index (χ4v) is 2.40. The molecule has 0 spiro atoms. The predicted octanol–water partition coefficient (Wildman–Crippen LogP) is 3.11.